The molecule has 1 fully saturated rings. The molecule has 0 bridgehead atoms. The number of hydrogen-bond donors (Lipinski definition) is 0. The largest absolute Gasteiger partial charge is 0.497 e. The van der Waals surface area contributed by atoms with Crippen LogP contribution in [0.2, 0.25) is 0 Å². The van der Waals surface area contributed by atoms with Gasteiger partial charge in [-0.1, -0.05) is 31.5 Å². The van der Waals surface area contributed by atoms with Crippen molar-refractivity contribution < 1.29 is 14.3 Å². The summed E-state index contributed by atoms with van der Waals surface area (Å²) in [6.45, 7) is 7.20. The summed E-state index contributed by atoms with van der Waals surface area (Å²) in [5.41, 5.74) is 3.64. The molecule has 3 heterocycles. The van der Waals surface area contributed by atoms with Gasteiger partial charge in [-0.25, -0.2) is 0 Å². The van der Waals surface area contributed by atoms with Crippen molar-refractivity contribution in [1.82, 2.24) is 14.4 Å². The maximum Gasteiger partial charge on any atom is 0.228 e. The number of likely N-dealkylation sites (N-methyl/N-ethyl adjacent to an activating group) is 1. The van der Waals surface area contributed by atoms with Gasteiger partial charge in [0.25, 0.3) is 0 Å². The SMILES string of the molecule is CCCn1cc(CN2CCC3(CCCCc4ccccc4OCCN(C)C3=O)CC2)c2cc(OC)ccc21. The number of likely N-dealkylation sites (tertiary alicyclic amines) is 1. The lowest BCUT2D eigenvalue weighted by molar-refractivity contribution is -0.145. The van der Waals surface area contributed by atoms with E-state index in [0.717, 1.165) is 82.6 Å². The number of fused-ring (bicyclic) bond motifs is 2. The number of rotatable bonds is 5. The number of methoxy groups -OCH3 is 1. The summed E-state index contributed by atoms with van der Waals surface area (Å²) in [4.78, 5) is 18.3. The van der Waals surface area contributed by atoms with Crippen molar-refractivity contribution in [1.29, 1.82) is 0 Å². The molecule has 6 heteroatoms. The highest BCUT2D eigenvalue weighted by Crippen LogP contribution is 2.40. The van der Waals surface area contributed by atoms with Crippen LogP contribution in [0.25, 0.3) is 10.9 Å². The Bertz CT molecular complexity index is 1240. The van der Waals surface area contributed by atoms with Crippen LogP contribution in [0.15, 0.2) is 48.7 Å². The molecule has 0 unspecified atom stereocenters. The Balaban J connectivity index is 1.29. The van der Waals surface area contributed by atoms with Gasteiger partial charge in [-0.3, -0.25) is 9.69 Å². The van der Waals surface area contributed by atoms with Gasteiger partial charge in [-0.05, 0) is 87.0 Å². The second kappa shape index (κ2) is 11.8. The number of ether oxygens (including phenoxy) is 2. The molecule has 0 radical (unpaired) electrons. The average molecular weight is 518 g/mol. The molecule has 1 saturated heterocycles. The zero-order valence-corrected chi connectivity index (χ0v) is 23.4. The third-order valence-electron chi connectivity index (χ3n) is 8.65. The molecule has 38 heavy (non-hydrogen) atoms. The van der Waals surface area contributed by atoms with E-state index in [0.29, 0.717) is 19.1 Å². The van der Waals surface area contributed by atoms with Crippen molar-refractivity contribution in [2.45, 2.75) is 65.0 Å². The van der Waals surface area contributed by atoms with Crippen molar-refractivity contribution in [3.05, 3.63) is 59.8 Å². The summed E-state index contributed by atoms with van der Waals surface area (Å²) in [5, 5.41) is 1.28. The van der Waals surface area contributed by atoms with Crippen LogP contribution in [0.5, 0.6) is 11.5 Å². The number of carbonyl (C=O) groups excluding carboxylic acids is 1. The zero-order valence-electron chi connectivity index (χ0n) is 23.4. The van der Waals surface area contributed by atoms with Gasteiger partial charge in [0.2, 0.25) is 5.91 Å². The minimum absolute atomic E-state index is 0.261. The summed E-state index contributed by atoms with van der Waals surface area (Å²) in [6, 6.07) is 14.8. The van der Waals surface area contributed by atoms with E-state index >= 15 is 0 Å². The van der Waals surface area contributed by atoms with Crippen LogP contribution in [-0.4, -0.2) is 60.7 Å². The van der Waals surface area contributed by atoms with E-state index in [1.807, 2.05) is 18.0 Å². The van der Waals surface area contributed by atoms with Gasteiger partial charge in [0.1, 0.15) is 18.1 Å². The van der Waals surface area contributed by atoms with Crippen LogP contribution in [0.4, 0.5) is 0 Å². The first-order chi connectivity index (χ1) is 18.5. The number of nitrogens with zero attached hydrogens (tertiary/aromatic N) is 3. The molecule has 1 spiro atoms. The lowest BCUT2D eigenvalue weighted by atomic mass is 9.73. The Hall–Kier alpha value is -2.99. The molecular weight excluding hydrogens is 474 g/mol. The van der Waals surface area contributed by atoms with E-state index < -0.39 is 0 Å². The second-order valence-corrected chi connectivity index (χ2v) is 11.2. The van der Waals surface area contributed by atoms with Crippen molar-refractivity contribution in [2.24, 2.45) is 5.41 Å². The summed E-state index contributed by atoms with van der Waals surface area (Å²) >= 11 is 0. The number of aryl methyl sites for hydroxylation is 2. The lowest BCUT2D eigenvalue weighted by Gasteiger charge is -2.43. The Morgan fingerprint density at radius 2 is 1.84 bits per heavy atom. The quantitative estimate of drug-likeness (QED) is 0.422. The summed E-state index contributed by atoms with van der Waals surface area (Å²) in [5.74, 6) is 2.17. The number of benzene rings is 2. The van der Waals surface area contributed by atoms with Gasteiger partial charge in [0.05, 0.1) is 19.1 Å². The predicted octanol–water partition coefficient (Wildman–Crippen LogP) is 5.91. The Morgan fingerprint density at radius 1 is 1.03 bits per heavy atom. The molecule has 0 atom stereocenters. The molecular formula is C32H43N3O3. The topological polar surface area (TPSA) is 46.9 Å². The number of para-hydroxylation sites is 1. The Morgan fingerprint density at radius 3 is 2.63 bits per heavy atom. The van der Waals surface area contributed by atoms with Gasteiger partial charge in [-0.15, -0.1) is 0 Å². The third kappa shape index (κ3) is 5.56. The van der Waals surface area contributed by atoms with E-state index in [4.69, 9.17) is 9.47 Å². The number of aromatic nitrogens is 1. The fourth-order valence-electron chi connectivity index (χ4n) is 6.41. The summed E-state index contributed by atoms with van der Waals surface area (Å²) in [7, 11) is 3.68. The van der Waals surface area contributed by atoms with Gasteiger partial charge >= 0.3 is 0 Å². The van der Waals surface area contributed by atoms with Crippen molar-refractivity contribution in [2.75, 3.05) is 40.4 Å². The van der Waals surface area contributed by atoms with Crippen molar-refractivity contribution >= 4 is 16.8 Å². The van der Waals surface area contributed by atoms with Crippen molar-refractivity contribution in [3.8, 4) is 11.5 Å². The highest BCUT2D eigenvalue weighted by Gasteiger charge is 2.42. The predicted molar refractivity (Wildman–Crippen MR) is 153 cm³/mol. The number of amides is 1. The molecule has 3 aromatic rings. The molecule has 2 aliphatic heterocycles. The zero-order chi connectivity index (χ0) is 26.5. The van der Waals surface area contributed by atoms with Gasteiger partial charge in [0, 0.05) is 37.2 Å². The van der Waals surface area contributed by atoms with Crippen LogP contribution in [-0.2, 0) is 24.3 Å². The van der Waals surface area contributed by atoms with Gasteiger partial charge in [-0.2, -0.15) is 0 Å². The maximum atomic E-state index is 13.8. The molecule has 1 amide bonds. The standard InChI is InChI=1S/C32H43N3O3/c1-4-17-35-24-26(28-22-27(37-3)12-13-29(28)35)23-34-18-15-32(16-19-34)14-8-7-10-25-9-5-6-11-30(25)38-21-20-33(2)31(32)36/h5-6,9,11-13,22,24H,4,7-8,10,14-21,23H2,1-3H3. The van der Waals surface area contributed by atoms with E-state index in [2.05, 4.69) is 59.0 Å². The minimum Gasteiger partial charge on any atom is -0.497 e. The monoisotopic (exact) mass is 517 g/mol. The second-order valence-electron chi connectivity index (χ2n) is 11.2. The highest BCUT2D eigenvalue weighted by molar-refractivity contribution is 5.85. The van der Waals surface area contributed by atoms with Crippen LogP contribution in [0, 0.1) is 5.41 Å². The molecule has 5 rings (SSSR count). The van der Waals surface area contributed by atoms with E-state index in [9.17, 15) is 4.79 Å². The molecule has 6 nitrogen and oxygen atoms in total. The number of carbonyl (C=O) groups is 1. The number of piperidine rings is 1. The molecule has 2 aliphatic rings. The maximum absolute atomic E-state index is 13.8. The molecule has 0 aliphatic carbocycles. The van der Waals surface area contributed by atoms with Crippen LogP contribution < -0.4 is 9.47 Å². The number of hydrogen-bond acceptors (Lipinski definition) is 4. The fraction of sp³-hybridized carbons (Fsp3) is 0.531. The Kier molecular flexibility index (Phi) is 8.27. The van der Waals surface area contributed by atoms with E-state index in [-0.39, 0.29) is 5.41 Å². The van der Waals surface area contributed by atoms with Gasteiger partial charge < -0.3 is 18.9 Å². The fourth-order valence-corrected chi connectivity index (χ4v) is 6.41. The highest BCUT2D eigenvalue weighted by atomic mass is 16.5. The summed E-state index contributed by atoms with van der Waals surface area (Å²) < 4.78 is 14.0. The van der Waals surface area contributed by atoms with Crippen molar-refractivity contribution in [3.63, 3.8) is 0 Å². The molecule has 204 valence electrons. The van der Waals surface area contributed by atoms with E-state index in [1.165, 1.54) is 22.0 Å². The normalized spacial score (nSPS) is 19.0. The summed E-state index contributed by atoms with van der Waals surface area (Å²) in [6.07, 6.45) is 9.40. The third-order valence-corrected chi connectivity index (χ3v) is 8.65. The minimum atomic E-state index is -0.261. The van der Waals surface area contributed by atoms with Gasteiger partial charge in [0.15, 0.2) is 0 Å². The smallest absolute Gasteiger partial charge is 0.228 e. The first-order valence-electron chi connectivity index (χ1n) is 14.4. The molecule has 2 aromatic carbocycles. The van der Waals surface area contributed by atoms with Crippen LogP contribution >= 0.6 is 0 Å². The Labute approximate surface area is 227 Å². The lowest BCUT2D eigenvalue weighted by Crippen LogP contribution is -2.50. The molecule has 0 saturated carbocycles. The molecule has 0 N–H and O–H groups in total. The first-order valence-corrected chi connectivity index (χ1v) is 14.4. The van der Waals surface area contributed by atoms with Crippen LogP contribution in [0.1, 0.15) is 56.6 Å². The molecule has 1 aromatic heterocycles. The average Bonchev–Trinajstić information content (AvgIpc) is 3.28. The van der Waals surface area contributed by atoms with Crippen LogP contribution in [0.3, 0.4) is 0 Å². The first kappa shape index (κ1) is 26.6. The van der Waals surface area contributed by atoms with E-state index in [1.54, 1.807) is 7.11 Å².